The Bertz CT molecular complexity index is 904. The summed E-state index contributed by atoms with van der Waals surface area (Å²) in [5.74, 6) is 0.917. The number of ether oxygens (including phenoxy) is 1. The van der Waals surface area contributed by atoms with Crippen LogP contribution in [-0.2, 0) is 9.59 Å². The van der Waals surface area contributed by atoms with Crippen molar-refractivity contribution in [2.75, 3.05) is 36.4 Å². The molecule has 8 heteroatoms. The van der Waals surface area contributed by atoms with Crippen LogP contribution in [0.5, 0.6) is 5.75 Å². The Hall–Kier alpha value is -3.03. The topological polar surface area (TPSA) is 87.9 Å². The first-order chi connectivity index (χ1) is 14.5. The van der Waals surface area contributed by atoms with E-state index in [1.54, 1.807) is 6.07 Å². The van der Waals surface area contributed by atoms with Crippen molar-refractivity contribution in [1.82, 2.24) is 10.1 Å². The number of benzene rings is 1. The average molecular weight is 412 g/mol. The monoisotopic (exact) mass is 412 g/mol. The highest BCUT2D eigenvalue weighted by Crippen LogP contribution is 2.33. The summed E-state index contributed by atoms with van der Waals surface area (Å²) in [6, 6.07) is 9.23. The molecule has 1 aromatic carbocycles. The number of nitrogens with zero attached hydrogens (tertiary/aromatic N) is 3. The van der Waals surface area contributed by atoms with Gasteiger partial charge in [0, 0.05) is 19.2 Å². The molecule has 160 valence electrons. The van der Waals surface area contributed by atoms with Crippen LogP contribution in [0.1, 0.15) is 44.7 Å². The van der Waals surface area contributed by atoms with Crippen LogP contribution in [-0.4, -0.2) is 54.2 Å². The molecule has 8 nitrogen and oxygen atoms in total. The molecule has 1 saturated heterocycles. The summed E-state index contributed by atoms with van der Waals surface area (Å²) >= 11 is 0. The number of para-hydroxylation sites is 2. The Kier molecular flexibility index (Phi) is 5.92. The lowest BCUT2D eigenvalue weighted by molar-refractivity contribution is -0.139. The van der Waals surface area contributed by atoms with Gasteiger partial charge >= 0.3 is 0 Å². The molecule has 4 rings (SSSR count). The van der Waals surface area contributed by atoms with E-state index in [1.807, 2.05) is 47.9 Å². The smallest absolute Gasteiger partial charge is 0.265 e. The minimum Gasteiger partial charge on any atom is -0.477 e. The zero-order chi connectivity index (χ0) is 21.1. The zero-order valence-corrected chi connectivity index (χ0v) is 17.5. The van der Waals surface area contributed by atoms with Crippen LogP contribution in [0.15, 0.2) is 34.9 Å². The van der Waals surface area contributed by atoms with E-state index in [0.717, 1.165) is 43.7 Å². The van der Waals surface area contributed by atoms with Crippen molar-refractivity contribution >= 4 is 23.4 Å². The lowest BCUT2D eigenvalue weighted by Gasteiger charge is -2.38. The first-order valence-corrected chi connectivity index (χ1v) is 10.6. The van der Waals surface area contributed by atoms with Crippen molar-refractivity contribution in [3.05, 3.63) is 36.0 Å². The van der Waals surface area contributed by atoms with Gasteiger partial charge in [-0.2, -0.15) is 0 Å². The van der Waals surface area contributed by atoms with Crippen LogP contribution in [0.2, 0.25) is 0 Å². The quantitative estimate of drug-likeness (QED) is 0.812. The Morgan fingerprint density at radius 3 is 2.70 bits per heavy atom. The summed E-state index contributed by atoms with van der Waals surface area (Å²) in [5, 5.41) is 6.72. The number of carbonyl (C=O) groups excluding carboxylic acids is 2. The van der Waals surface area contributed by atoms with Crippen LogP contribution in [0, 0.1) is 0 Å². The largest absolute Gasteiger partial charge is 0.477 e. The Morgan fingerprint density at radius 2 is 1.97 bits per heavy atom. The van der Waals surface area contributed by atoms with Crippen LogP contribution < -0.4 is 15.0 Å². The molecule has 0 aliphatic carbocycles. The van der Waals surface area contributed by atoms with Crippen molar-refractivity contribution in [2.24, 2.45) is 0 Å². The minimum atomic E-state index is -0.622. The van der Waals surface area contributed by atoms with Gasteiger partial charge in [0.25, 0.3) is 5.91 Å². The fourth-order valence-corrected chi connectivity index (χ4v) is 3.87. The number of amides is 2. The second kappa shape index (κ2) is 8.77. The third kappa shape index (κ3) is 4.42. The van der Waals surface area contributed by atoms with Crippen molar-refractivity contribution in [2.45, 2.75) is 45.1 Å². The number of likely N-dealkylation sites (tertiary alicyclic amines) is 1. The van der Waals surface area contributed by atoms with Crippen LogP contribution >= 0.6 is 0 Å². The second-order valence-electron chi connectivity index (χ2n) is 8.16. The Balaban J connectivity index is 1.46. The van der Waals surface area contributed by atoms with E-state index in [2.05, 4.69) is 10.5 Å². The highest BCUT2D eigenvalue weighted by Gasteiger charge is 2.34. The molecular formula is C22H28N4O4. The fraction of sp³-hybridized carbons (Fsp3) is 0.500. The first-order valence-electron chi connectivity index (χ1n) is 10.6. The number of piperidine rings is 1. The average Bonchev–Trinajstić information content (AvgIpc) is 3.22. The summed E-state index contributed by atoms with van der Waals surface area (Å²) in [5.41, 5.74) is 1.59. The molecule has 2 amide bonds. The maximum Gasteiger partial charge on any atom is 0.265 e. The van der Waals surface area contributed by atoms with E-state index in [4.69, 9.17) is 9.26 Å². The SMILES string of the molecule is CC(C)c1cc(NC(=O)CN2CC(C(=O)N3CCCCC3)Oc3ccccc32)on1. The highest BCUT2D eigenvalue weighted by molar-refractivity contribution is 5.94. The standard InChI is InChI=1S/C22H28N4O4/c1-15(2)16-12-21(30-24-16)23-20(27)14-26-13-19(22(28)25-10-6-3-7-11-25)29-18-9-5-4-8-17(18)26/h4-5,8-9,12,15,19H,3,6-7,10-11,13-14H2,1-2H3,(H,23,27). The predicted molar refractivity (Wildman–Crippen MR) is 113 cm³/mol. The van der Waals surface area contributed by atoms with Crippen molar-refractivity contribution in [3.63, 3.8) is 0 Å². The number of fused-ring (bicyclic) bond motifs is 1. The molecule has 1 N–H and O–H groups in total. The van der Waals surface area contributed by atoms with Gasteiger partial charge in [-0.3, -0.25) is 14.9 Å². The number of aromatic nitrogens is 1. The van der Waals surface area contributed by atoms with Crippen molar-refractivity contribution in [3.8, 4) is 5.75 Å². The molecule has 1 atom stereocenters. The van der Waals surface area contributed by atoms with Crippen LogP contribution in [0.3, 0.4) is 0 Å². The molecular weight excluding hydrogens is 384 g/mol. The lowest BCUT2D eigenvalue weighted by atomic mass is 10.1. The van der Waals surface area contributed by atoms with Gasteiger partial charge in [0.1, 0.15) is 5.75 Å². The lowest BCUT2D eigenvalue weighted by Crippen LogP contribution is -2.52. The Labute approximate surface area is 176 Å². The third-order valence-electron chi connectivity index (χ3n) is 5.52. The molecule has 2 aliphatic heterocycles. The van der Waals surface area contributed by atoms with Crippen LogP contribution in [0.25, 0.3) is 0 Å². The molecule has 0 radical (unpaired) electrons. The molecule has 0 bridgehead atoms. The van der Waals surface area contributed by atoms with E-state index < -0.39 is 6.10 Å². The van der Waals surface area contributed by atoms with E-state index in [0.29, 0.717) is 18.2 Å². The summed E-state index contributed by atoms with van der Waals surface area (Å²) < 4.78 is 11.2. The molecule has 1 unspecified atom stereocenters. The van der Waals surface area contributed by atoms with E-state index >= 15 is 0 Å². The van der Waals surface area contributed by atoms with E-state index in [-0.39, 0.29) is 24.3 Å². The van der Waals surface area contributed by atoms with Gasteiger partial charge in [-0.05, 0) is 37.3 Å². The molecule has 1 aromatic heterocycles. The number of anilines is 2. The molecule has 3 heterocycles. The minimum absolute atomic E-state index is 0.00794. The fourth-order valence-electron chi connectivity index (χ4n) is 3.87. The van der Waals surface area contributed by atoms with E-state index in [9.17, 15) is 9.59 Å². The predicted octanol–water partition coefficient (Wildman–Crippen LogP) is 3.02. The number of nitrogens with one attached hydrogen (secondary N) is 1. The van der Waals surface area contributed by atoms with E-state index in [1.165, 1.54) is 0 Å². The van der Waals surface area contributed by atoms with Gasteiger partial charge in [0.05, 0.1) is 24.5 Å². The third-order valence-corrected chi connectivity index (χ3v) is 5.52. The molecule has 0 spiro atoms. The van der Waals surface area contributed by atoms with Gasteiger partial charge in [-0.15, -0.1) is 0 Å². The maximum absolute atomic E-state index is 13.0. The van der Waals surface area contributed by atoms with Crippen molar-refractivity contribution in [1.29, 1.82) is 0 Å². The first kappa shape index (κ1) is 20.3. The van der Waals surface area contributed by atoms with Gasteiger partial charge in [-0.1, -0.05) is 31.1 Å². The number of carbonyl (C=O) groups is 2. The number of hydrogen-bond acceptors (Lipinski definition) is 6. The molecule has 2 aliphatic rings. The van der Waals surface area contributed by atoms with Gasteiger partial charge in [-0.25, -0.2) is 0 Å². The Morgan fingerprint density at radius 1 is 1.20 bits per heavy atom. The van der Waals surface area contributed by atoms with Crippen molar-refractivity contribution < 1.29 is 18.8 Å². The summed E-state index contributed by atoms with van der Waals surface area (Å²) in [4.78, 5) is 29.4. The van der Waals surface area contributed by atoms with Gasteiger partial charge in [0.15, 0.2) is 6.10 Å². The molecule has 0 saturated carbocycles. The second-order valence-corrected chi connectivity index (χ2v) is 8.16. The molecule has 2 aromatic rings. The summed E-state index contributed by atoms with van der Waals surface area (Å²) in [6.45, 7) is 5.96. The number of rotatable bonds is 5. The maximum atomic E-state index is 13.0. The highest BCUT2D eigenvalue weighted by atomic mass is 16.5. The molecule has 30 heavy (non-hydrogen) atoms. The van der Waals surface area contributed by atoms with Crippen LogP contribution in [0.4, 0.5) is 11.6 Å². The summed E-state index contributed by atoms with van der Waals surface area (Å²) in [6.07, 6.45) is 2.58. The zero-order valence-electron chi connectivity index (χ0n) is 17.5. The normalized spacial score (nSPS) is 18.7. The van der Waals surface area contributed by atoms with Gasteiger partial charge in [0.2, 0.25) is 11.8 Å². The van der Waals surface area contributed by atoms with Gasteiger partial charge < -0.3 is 19.1 Å². The number of hydrogen-bond donors (Lipinski definition) is 1. The summed E-state index contributed by atoms with van der Waals surface area (Å²) in [7, 11) is 0. The molecule has 1 fully saturated rings.